The maximum absolute atomic E-state index is 12.6. The summed E-state index contributed by atoms with van der Waals surface area (Å²) in [6.45, 7) is 6.48. The van der Waals surface area contributed by atoms with E-state index in [4.69, 9.17) is 10.5 Å². The molecule has 3 N–H and O–H groups in total. The number of anilines is 1. The zero-order valence-corrected chi connectivity index (χ0v) is 18.0. The summed E-state index contributed by atoms with van der Waals surface area (Å²) in [5.41, 5.74) is 9.17. The number of hydrogen-bond acceptors (Lipinski definition) is 4. The zero-order valence-electron chi connectivity index (χ0n) is 18.0. The van der Waals surface area contributed by atoms with Crippen molar-refractivity contribution in [2.45, 2.75) is 40.0 Å². The number of allylic oxidation sites excluding steroid dienone is 5. The van der Waals surface area contributed by atoms with Gasteiger partial charge in [-0.3, -0.25) is 4.79 Å². The fraction of sp³-hybridized carbons (Fsp3) is 0.269. The number of phenols is 1. The normalized spacial score (nSPS) is 11.7. The molecule has 0 saturated carbocycles. The lowest BCUT2D eigenvalue weighted by Gasteiger charge is -2.17. The Hall–Kier alpha value is -3.27. The van der Waals surface area contributed by atoms with Crippen LogP contribution in [0.5, 0.6) is 11.5 Å². The smallest absolute Gasteiger partial charge is 0.185 e. The standard InChI is InChI=1S/C26H31NO3/c1-4-7-9-20-18-21(10-8-5-2)26(30-17-6-3)23(25(20)29)15-16-24(28)19-11-13-22(27)14-12-19/h4-5,7-8,11-16,18,29H,6,9-10,17,27H2,1-3H3/b7-4+,8-5+,16-15+. The average Bonchev–Trinajstić information content (AvgIpc) is 2.75. The van der Waals surface area contributed by atoms with Gasteiger partial charge in [-0.1, -0.05) is 31.2 Å². The van der Waals surface area contributed by atoms with E-state index in [-0.39, 0.29) is 11.5 Å². The number of nitrogens with two attached hydrogens (primary N) is 1. The molecule has 2 aromatic carbocycles. The first-order valence-corrected chi connectivity index (χ1v) is 10.3. The lowest BCUT2D eigenvalue weighted by atomic mass is 9.97. The van der Waals surface area contributed by atoms with Crippen molar-refractivity contribution in [3.05, 3.63) is 83.0 Å². The maximum Gasteiger partial charge on any atom is 0.185 e. The third-order valence-corrected chi connectivity index (χ3v) is 4.64. The molecular weight excluding hydrogens is 374 g/mol. The van der Waals surface area contributed by atoms with Gasteiger partial charge in [-0.05, 0) is 86.7 Å². The van der Waals surface area contributed by atoms with Crippen LogP contribution in [0.15, 0.2) is 60.7 Å². The summed E-state index contributed by atoms with van der Waals surface area (Å²) in [5, 5.41) is 11.0. The molecule has 0 heterocycles. The second-order valence-electron chi connectivity index (χ2n) is 7.00. The highest BCUT2D eigenvalue weighted by Gasteiger charge is 2.17. The average molecular weight is 406 g/mol. The van der Waals surface area contributed by atoms with Crippen molar-refractivity contribution in [3.8, 4) is 11.5 Å². The van der Waals surface area contributed by atoms with E-state index in [1.165, 1.54) is 6.08 Å². The fourth-order valence-corrected chi connectivity index (χ4v) is 3.03. The quantitative estimate of drug-likeness (QED) is 0.223. The van der Waals surface area contributed by atoms with Crippen LogP contribution in [0.2, 0.25) is 0 Å². The number of benzene rings is 2. The molecule has 4 nitrogen and oxygen atoms in total. The largest absolute Gasteiger partial charge is 0.507 e. The first-order valence-electron chi connectivity index (χ1n) is 10.3. The van der Waals surface area contributed by atoms with Crippen molar-refractivity contribution >= 4 is 17.5 Å². The van der Waals surface area contributed by atoms with Gasteiger partial charge in [0.15, 0.2) is 5.78 Å². The summed E-state index contributed by atoms with van der Waals surface area (Å²) in [6, 6.07) is 8.76. The summed E-state index contributed by atoms with van der Waals surface area (Å²) < 4.78 is 6.02. The van der Waals surface area contributed by atoms with E-state index < -0.39 is 0 Å². The molecule has 0 aliphatic carbocycles. The van der Waals surface area contributed by atoms with Gasteiger partial charge in [-0.15, -0.1) is 0 Å². The first-order chi connectivity index (χ1) is 14.5. The molecule has 0 spiro atoms. The fourth-order valence-electron chi connectivity index (χ4n) is 3.03. The van der Waals surface area contributed by atoms with Crippen molar-refractivity contribution in [2.75, 3.05) is 12.3 Å². The Labute approximate surface area is 179 Å². The van der Waals surface area contributed by atoms with Crippen molar-refractivity contribution in [1.29, 1.82) is 0 Å². The topological polar surface area (TPSA) is 72.5 Å². The van der Waals surface area contributed by atoms with Crippen molar-refractivity contribution in [1.82, 2.24) is 0 Å². The molecule has 158 valence electrons. The Bertz CT molecular complexity index is 938. The number of hydrogen-bond donors (Lipinski definition) is 2. The van der Waals surface area contributed by atoms with Gasteiger partial charge in [0.2, 0.25) is 0 Å². The lowest BCUT2D eigenvalue weighted by molar-refractivity contribution is 0.104. The minimum atomic E-state index is -0.162. The summed E-state index contributed by atoms with van der Waals surface area (Å²) in [7, 11) is 0. The van der Waals surface area contributed by atoms with Crippen molar-refractivity contribution in [3.63, 3.8) is 0 Å². The molecule has 2 aromatic rings. The van der Waals surface area contributed by atoms with Crippen LogP contribution < -0.4 is 10.5 Å². The predicted octanol–water partition coefficient (Wildman–Crippen LogP) is 5.90. The molecular formula is C26H31NO3. The lowest BCUT2D eigenvalue weighted by Crippen LogP contribution is -2.03. The molecule has 0 amide bonds. The van der Waals surface area contributed by atoms with Gasteiger partial charge in [-0.25, -0.2) is 0 Å². The molecule has 0 aromatic heterocycles. The molecule has 0 saturated heterocycles. The first kappa shape index (κ1) is 23.0. The van der Waals surface area contributed by atoms with Crippen LogP contribution in [0.1, 0.15) is 54.2 Å². The molecule has 2 rings (SSSR count). The van der Waals surface area contributed by atoms with Crippen LogP contribution >= 0.6 is 0 Å². The van der Waals surface area contributed by atoms with Crippen LogP contribution in [-0.4, -0.2) is 17.5 Å². The molecule has 0 radical (unpaired) electrons. The maximum atomic E-state index is 12.6. The van der Waals surface area contributed by atoms with Crippen LogP contribution in [-0.2, 0) is 12.8 Å². The van der Waals surface area contributed by atoms with E-state index in [9.17, 15) is 9.90 Å². The SMILES string of the molecule is C/C=C/Cc1cc(C/C=C/C)c(OCCC)c(/C=C/C(=O)c2ccc(N)cc2)c1O. The minimum Gasteiger partial charge on any atom is -0.507 e. The highest BCUT2D eigenvalue weighted by Crippen LogP contribution is 2.37. The van der Waals surface area contributed by atoms with E-state index in [1.54, 1.807) is 30.3 Å². The van der Waals surface area contributed by atoms with Gasteiger partial charge >= 0.3 is 0 Å². The van der Waals surface area contributed by atoms with Gasteiger partial charge in [-0.2, -0.15) is 0 Å². The van der Waals surface area contributed by atoms with Gasteiger partial charge in [0, 0.05) is 11.3 Å². The summed E-state index contributed by atoms with van der Waals surface area (Å²) in [4.78, 5) is 12.6. The van der Waals surface area contributed by atoms with Gasteiger partial charge in [0.05, 0.1) is 12.2 Å². The van der Waals surface area contributed by atoms with E-state index in [0.29, 0.717) is 42.0 Å². The summed E-state index contributed by atoms with van der Waals surface area (Å²) in [5.74, 6) is 0.604. The number of aromatic hydroxyl groups is 1. The Morgan fingerprint density at radius 1 is 1.07 bits per heavy atom. The number of ketones is 1. The third-order valence-electron chi connectivity index (χ3n) is 4.64. The Morgan fingerprint density at radius 3 is 2.30 bits per heavy atom. The molecule has 0 fully saturated rings. The predicted molar refractivity (Wildman–Crippen MR) is 125 cm³/mol. The van der Waals surface area contributed by atoms with Crippen molar-refractivity contribution in [2.24, 2.45) is 0 Å². The van der Waals surface area contributed by atoms with Gasteiger partial charge in [0.1, 0.15) is 11.5 Å². The summed E-state index contributed by atoms with van der Waals surface area (Å²) in [6.07, 6.45) is 13.2. The van der Waals surface area contributed by atoms with Gasteiger partial charge < -0.3 is 15.6 Å². The van der Waals surface area contributed by atoms with Crippen molar-refractivity contribution < 1.29 is 14.6 Å². The van der Waals surface area contributed by atoms with Crippen LogP contribution in [0.4, 0.5) is 5.69 Å². The molecule has 0 unspecified atom stereocenters. The second kappa shape index (κ2) is 11.7. The van der Waals surface area contributed by atoms with E-state index in [0.717, 1.165) is 17.5 Å². The van der Waals surface area contributed by atoms with E-state index in [1.807, 2.05) is 45.1 Å². The molecule has 0 atom stereocenters. The number of carbonyl (C=O) groups excluding carboxylic acids is 1. The third kappa shape index (κ3) is 6.11. The number of carbonyl (C=O) groups is 1. The molecule has 0 aliphatic heterocycles. The zero-order chi connectivity index (χ0) is 21.9. The monoisotopic (exact) mass is 405 g/mol. The highest BCUT2D eigenvalue weighted by molar-refractivity contribution is 6.07. The second-order valence-corrected chi connectivity index (χ2v) is 7.00. The Kier molecular flexibility index (Phi) is 8.95. The number of phenolic OH excluding ortho intramolecular Hbond substituents is 1. The van der Waals surface area contributed by atoms with Crippen LogP contribution in [0, 0.1) is 0 Å². The van der Waals surface area contributed by atoms with Crippen LogP contribution in [0.25, 0.3) is 6.08 Å². The minimum absolute atomic E-state index is 0.143. The molecule has 30 heavy (non-hydrogen) atoms. The van der Waals surface area contributed by atoms with Crippen LogP contribution in [0.3, 0.4) is 0 Å². The Balaban J connectivity index is 2.53. The van der Waals surface area contributed by atoms with E-state index >= 15 is 0 Å². The molecule has 0 aliphatic rings. The summed E-state index contributed by atoms with van der Waals surface area (Å²) >= 11 is 0. The number of rotatable bonds is 10. The van der Waals surface area contributed by atoms with E-state index in [2.05, 4.69) is 6.08 Å². The molecule has 0 bridgehead atoms. The van der Waals surface area contributed by atoms with Gasteiger partial charge in [0.25, 0.3) is 0 Å². The molecule has 4 heteroatoms. The Morgan fingerprint density at radius 2 is 1.70 bits per heavy atom. The number of ether oxygens (including phenoxy) is 1. The highest BCUT2D eigenvalue weighted by atomic mass is 16.5. The number of nitrogen functional groups attached to an aromatic ring is 1.